The number of ether oxygens (including phenoxy) is 3. The summed E-state index contributed by atoms with van der Waals surface area (Å²) in [6, 6.07) is 18.6. The fourth-order valence-corrected chi connectivity index (χ4v) is 12.9. The van der Waals surface area contributed by atoms with Crippen LogP contribution in [0, 0.1) is 23.6 Å². The number of piperidine rings is 2. The molecule has 3 aromatic carbocycles. The van der Waals surface area contributed by atoms with Gasteiger partial charge in [0.1, 0.15) is 42.0 Å². The third kappa shape index (κ3) is 9.79. The molecule has 0 spiro atoms. The molecule has 8 heterocycles. The molecule has 5 aromatic rings. The Balaban J connectivity index is 0.621. The van der Waals surface area contributed by atoms with Gasteiger partial charge in [-0.25, -0.2) is 4.39 Å². The van der Waals surface area contributed by atoms with Crippen molar-refractivity contribution in [2.75, 3.05) is 77.6 Å². The van der Waals surface area contributed by atoms with Gasteiger partial charge in [-0.2, -0.15) is 9.97 Å². The number of pyridine rings is 1. The lowest BCUT2D eigenvalue weighted by Gasteiger charge is -2.38. The predicted octanol–water partition coefficient (Wildman–Crippen LogP) is 4.73. The van der Waals surface area contributed by atoms with E-state index in [-0.39, 0.29) is 72.3 Å². The fourth-order valence-electron chi connectivity index (χ4n) is 12.9. The maximum absolute atomic E-state index is 17.1. The van der Waals surface area contributed by atoms with Gasteiger partial charge in [-0.3, -0.25) is 49.0 Å². The van der Waals surface area contributed by atoms with Crippen LogP contribution >= 0.6 is 0 Å². The number of nitrogens with zero attached hydrogens (tertiary/aromatic N) is 7. The van der Waals surface area contributed by atoms with Crippen molar-refractivity contribution in [3.63, 3.8) is 0 Å². The van der Waals surface area contributed by atoms with Gasteiger partial charge in [-0.1, -0.05) is 42.5 Å². The van der Waals surface area contributed by atoms with Gasteiger partial charge in [0, 0.05) is 74.4 Å². The number of piperazine rings is 1. The van der Waals surface area contributed by atoms with Crippen LogP contribution in [-0.4, -0.2) is 162 Å². The second-order valence-electron chi connectivity index (χ2n) is 21.6. The van der Waals surface area contributed by atoms with Crippen molar-refractivity contribution < 1.29 is 42.6 Å². The third-order valence-electron chi connectivity index (χ3n) is 17.0. The van der Waals surface area contributed by atoms with Crippen LogP contribution in [0.3, 0.4) is 0 Å². The summed E-state index contributed by atoms with van der Waals surface area (Å²) in [5.74, 6) is -0.222. The first-order chi connectivity index (χ1) is 36.5. The van der Waals surface area contributed by atoms with E-state index in [4.69, 9.17) is 29.2 Å². The van der Waals surface area contributed by atoms with Crippen LogP contribution in [-0.2, 0) is 19.1 Å². The highest BCUT2D eigenvalue weighted by Crippen LogP contribution is 2.44. The Labute approximate surface area is 434 Å². The molecule has 3 N–H and O–H groups in total. The average Bonchev–Trinajstić information content (AvgIpc) is 3.90. The van der Waals surface area contributed by atoms with Crippen LogP contribution < -0.4 is 30.3 Å². The van der Waals surface area contributed by atoms with Crippen LogP contribution in [0.2, 0.25) is 0 Å². The summed E-state index contributed by atoms with van der Waals surface area (Å²) >= 11 is 0. The number of nitrogens with one attached hydrogen (secondary N) is 3. The summed E-state index contributed by atoms with van der Waals surface area (Å²) in [5, 5.41) is 11.7. The highest BCUT2D eigenvalue weighted by Gasteiger charge is 2.45. The molecule has 75 heavy (non-hydrogen) atoms. The number of hydrogen-bond donors (Lipinski definition) is 3. The molecule has 1 aliphatic carbocycles. The van der Waals surface area contributed by atoms with Crippen molar-refractivity contribution in [3.05, 3.63) is 83.8 Å². The molecule has 2 bridgehead atoms. The van der Waals surface area contributed by atoms with Crippen molar-refractivity contribution >= 4 is 57.0 Å². The molecule has 392 valence electrons. The van der Waals surface area contributed by atoms with Crippen LogP contribution in [0.4, 0.5) is 10.2 Å². The minimum Gasteiger partial charge on any atom is -0.491 e. The quantitative estimate of drug-likeness (QED) is 0.0960. The zero-order valence-electron chi connectivity index (χ0n) is 42.2. The molecule has 7 atom stereocenters. The Morgan fingerprint density at radius 2 is 1.57 bits per heavy atom. The second kappa shape index (κ2) is 20.8. The maximum atomic E-state index is 17.1. The number of fused-ring (bicyclic) bond motifs is 6. The minimum atomic E-state index is -1.04. The van der Waals surface area contributed by atoms with E-state index in [1.165, 1.54) is 25.0 Å². The van der Waals surface area contributed by atoms with E-state index in [0.29, 0.717) is 60.4 Å². The van der Waals surface area contributed by atoms with Gasteiger partial charge < -0.3 is 29.7 Å². The molecule has 0 radical (unpaired) electrons. The van der Waals surface area contributed by atoms with Crippen LogP contribution in [0.25, 0.3) is 32.9 Å². The van der Waals surface area contributed by atoms with E-state index in [2.05, 4.69) is 37.7 Å². The van der Waals surface area contributed by atoms with Crippen molar-refractivity contribution in [2.45, 2.75) is 88.0 Å². The van der Waals surface area contributed by atoms with E-state index >= 15 is 4.39 Å². The predicted molar refractivity (Wildman–Crippen MR) is 276 cm³/mol. The standard InChI is InChI=1S/C56H63FN10O8/c1-64-30-38(65-18-15-33(16-19-65)52(69)58-17-20-73-21-22-74-40-11-12-43-44(26-40)55(72)67(54(43)71)46-13-14-47(68)61-53(46)70)25-39(64)31-75-56-62-50-45(27-59-49(48(50)57)42-8-4-6-32-5-2-3-7-41(32)42)51(63-56)66-28-36-23-34-9-10-35(34)24-37(29-66)60-36/h2-8,11-12,26-27,33-39,46,60H,9-10,13-25,28-31H2,1H3,(H,58,69)(H,61,68,70)/t34?,35?,36?,37?,38-,39-,46?/m0/s1. The molecule has 19 heteroatoms. The minimum absolute atomic E-state index is 0.0194. The molecule has 7 aliphatic rings. The van der Waals surface area contributed by atoms with Gasteiger partial charge in [0.05, 0.1) is 29.7 Å². The molecule has 5 saturated heterocycles. The number of hydrogen-bond acceptors (Lipinski definition) is 15. The number of amides is 5. The topological polar surface area (TPSA) is 201 Å². The summed E-state index contributed by atoms with van der Waals surface area (Å²) in [4.78, 5) is 86.0. The lowest BCUT2D eigenvalue weighted by molar-refractivity contribution is -0.136. The first-order valence-corrected chi connectivity index (χ1v) is 26.8. The molecule has 12 rings (SSSR count). The van der Waals surface area contributed by atoms with Crippen molar-refractivity contribution in [1.29, 1.82) is 0 Å². The normalized spacial score (nSPS) is 26.2. The summed E-state index contributed by atoms with van der Waals surface area (Å²) in [5.41, 5.74) is 1.51. The number of carbonyl (C=O) groups is 5. The second-order valence-corrected chi connectivity index (χ2v) is 21.6. The summed E-state index contributed by atoms with van der Waals surface area (Å²) in [6.45, 7) is 5.47. The average molecular weight is 1020 g/mol. The van der Waals surface area contributed by atoms with Gasteiger partial charge in [-0.05, 0) is 112 Å². The molecular weight excluding hydrogens is 960 g/mol. The number of likely N-dealkylation sites (N-methyl/N-ethyl adjacent to an activating group) is 1. The number of likely N-dealkylation sites (tertiary alicyclic amines) is 2. The van der Waals surface area contributed by atoms with Gasteiger partial charge in [-0.15, -0.1) is 0 Å². The lowest BCUT2D eigenvalue weighted by Crippen LogP contribution is -2.56. The fraction of sp³-hybridized carbons (Fsp3) is 0.500. The van der Waals surface area contributed by atoms with Gasteiger partial charge in [0.2, 0.25) is 17.7 Å². The first-order valence-electron chi connectivity index (χ1n) is 26.8. The summed E-state index contributed by atoms with van der Waals surface area (Å²) in [6.07, 6.45) is 9.18. The number of halogens is 1. The van der Waals surface area contributed by atoms with Gasteiger partial charge in [0.15, 0.2) is 5.82 Å². The highest BCUT2D eigenvalue weighted by molar-refractivity contribution is 6.23. The molecule has 6 fully saturated rings. The SMILES string of the molecule is CN1C[C@@H](N2CCC(C(=O)NCCOCCOc3ccc4c(c3)C(=O)N(C3CCC(=O)NC3=O)C4=O)CC2)C[C@H]1COc1nc(N2CC3CC4CCC4CC(C2)N3)c2cnc(-c3cccc4ccccc34)c(F)c2n1. The Kier molecular flexibility index (Phi) is 13.7. The number of imide groups is 2. The van der Waals surface area contributed by atoms with Gasteiger partial charge in [0.25, 0.3) is 11.8 Å². The zero-order valence-corrected chi connectivity index (χ0v) is 42.2. The smallest absolute Gasteiger partial charge is 0.319 e. The molecule has 6 aliphatic heterocycles. The van der Waals surface area contributed by atoms with E-state index in [9.17, 15) is 24.0 Å². The third-order valence-corrected chi connectivity index (χ3v) is 17.0. The number of carbonyl (C=O) groups excluding carboxylic acids is 5. The zero-order chi connectivity index (χ0) is 51.3. The van der Waals surface area contributed by atoms with Crippen molar-refractivity contribution in [3.8, 4) is 23.0 Å². The molecule has 18 nitrogen and oxygen atoms in total. The molecule has 2 aromatic heterocycles. The molecule has 1 saturated carbocycles. The van der Waals surface area contributed by atoms with Crippen molar-refractivity contribution in [1.82, 2.24) is 45.6 Å². The molecule has 5 unspecified atom stereocenters. The molecular formula is C56H63FN10O8. The Morgan fingerprint density at radius 3 is 2.36 bits per heavy atom. The van der Waals surface area contributed by atoms with E-state index < -0.39 is 35.5 Å². The first kappa shape index (κ1) is 49.2. The lowest BCUT2D eigenvalue weighted by atomic mass is 9.69. The van der Waals surface area contributed by atoms with Crippen LogP contribution in [0.1, 0.15) is 78.5 Å². The summed E-state index contributed by atoms with van der Waals surface area (Å²) < 4.78 is 35.1. The number of benzene rings is 3. The monoisotopic (exact) mass is 1020 g/mol. The number of anilines is 1. The van der Waals surface area contributed by atoms with E-state index in [1.54, 1.807) is 12.3 Å². The largest absolute Gasteiger partial charge is 0.491 e. The number of rotatable bonds is 15. The van der Waals surface area contributed by atoms with Crippen LogP contribution in [0.5, 0.6) is 11.8 Å². The highest BCUT2D eigenvalue weighted by atomic mass is 19.1. The molecule has 5 amide bonds. The van der Waals surface area contributed by atoms with Crippen LogP contribution in [0.15, 0.2) is 66.9 Å². The Bertz CT molecular complexity index is 3040. The number of aromatic nitrogens is 3. The summed E-state index contributed by atoms with van der Waals surface area (Å²) in [7, 11) is 2.12. The Morgan fingerprint density at radius 1 is 0.800 bits per heavy atom. The Hall–Kier alpha value is -6.67. The van der Waals surface area contributed by atoms with Crippen molar-refractivity contribution in [2.24, 2.45) is 17.8 Å². The van der Waals surface area contributed by atoms with E-state index in [1.807, 2.05) is 42.5 Å². The van der Waals surface area contributed by atoms with E-state index in [0.717, 1.165) is 92.3 Å². The maximum Gasteiger partial charge on any atom is 0.319 e. The van der Waals surface area contributed by atoms with Gasteiger partial charge >= 0.3 is 6.01 Å².